The molecule has 3 heterocycles. The molecule has 3 aliphatic rings. The molecule has 32 heavy (non-hydrogen) atoms. The topological polar surface area (TPSA) is 103 Å². The summed E-state index contributed by atoms with van der Waals surface area (Å²) in [6.07, 6.45) is 8.00. The van der Waals surface area contributed by atoms with Gasteiger partial charge in [0.2, 0.25) is 5.91 Å². The highest BCUT2D eigenvalue weighted by Gasteiger charge is 2.38. The fourth-order valence-electron chi connectivity index (χ4n) is 5.50. The van der Waals surface area contributed by atoms with Crippen LogP contribution in [0.25, 0.3) is 11.0 Å². The molecular weight excluding hydrogens is 430 g/mol. The average molecular weight is 460 g/mol. The van der Waals surface area contributed by atoms with Gasteiger partial charge in [-0.15, -0.1) is 0 Å². The average Bonchev–Trinajstić information content (AvgIpc) is 3.08. The van der Waals surface area contributed by atoms with Gasteiger partial charge in [0, 0.05) is 17.5 Å². The van der Waals surface area contributed by atoms with Crippen LogP contribution in [0.2, 0.25) is 0 Å². The lowest BCUT2D eigenvalue weighted by Gasteiger charge is -2.41. The molecule has 1 amide bonds. The number of fused-ring (bicyclic) bond motifs is 2. The van der Waals surface area contributed by atoms with Crippen LogP contribution in [0.1, 0.15) is 61.6 Å². The second kappa shape index (κ2) is 7.90. The SMILES string of the molecule is Cc1c(CC(=O)NC2CCS(=O)(=O)C2)c(=O)oc2cc3c(cc12)CCC1(CCCCC1)O3. The number of hydrogen-bond donors (Lipinski definition) is 1. The zero-order valence-corrected chi connectivity index (χ0v) is 19.2. The summed E-state index contributed by atoms with van der Waals surface area (Å²) in [5.41, 5.74) is 2.01. The maximum atomic E-state index is 12.7. The molecule has 1 saturated heterocycles. The van der Waals surface area contributed by atoms with E-state index in [1.165, 1.54) is 19.3 Å². The van der Waals surface area contributed by atoms with Crippen molar-refractivity contribution in [3.63, 3.8) is 0 Å². The van der Waals surface area contributed by atoms with Gasteiger partial charge in [0.25, 0.3) is 0 Å². The summed E-state index contributed by atoms with van der Waals surface area (Å²) < 4.78 is 35.3. The molecule has 8 heteroatoms. The Bertz CT molecular complexity index is 1240. The summed E-state index contributed by atoms with van der Waals surface area (Å²) in [5, 5.41) is 3.57. The number of ether oxygens (including phenoxy) is 1. The Morgan fingerprint density at radius 2 is 1.97 bits per heavy atom. The Kier molecular flexibility index (Phi) is 5.31. The minimum atomic E-state index is -3.09. The van der Waals surface area contributed by atoms with Crippen molar-refractivity contribution in [3.05, 3.63) is 39.2 Å². The number of sulfone groups is 1. The van der Waals surface area contributed by atoms with Crippen molar-refractivity contribution in [2.45, 2.75) is 76.4 Å². The predicted octanol–water partition coefficient (Wildman–Crippen LogP) is 2.98. The van der Waals surface area contributed by atoms with Crippen molar-refractivity contribution in [1.29, 1.82) is 0 Å². The van der Waals surface area contributed by atoms with Gasteiger partial charge < -0.3 is 14.5 Å². The molecule has 2 aliphatic heterocycles. The normalized spacial score (nSPS) is 23.6. The molecule has 1 N–H and O–H groups in total. The second-order valence-corrected chi connectivity index (χ2v) is 11.9. The zero-order valence-electron chi connectivity index (χ0n) is 18.4. The summed E-state index contributed by atoms with van der Waals surface area (Å²) in [5.74, 6) is 0.491. The number of benzene rings is 1. The summed E-state index contributed by atoms with van der Waals surface area (Å²) in [6.45, 7) is 1.83. The van der Waals surface area contributed by atoms with E-state index in [1.54, 1.807) is 0 Å². The molecule has 1 unspecified atom stereocenters. The number of carbonyl (C=O) groups is 1. The Hall–Kier alpha value is -2.35. The summed E-state index contributed by atoms with van der Waals surface area (Å²) in [7, 11) is -3.09. The van der Waals surface area contributed by atoms with Crippen molar-refractivity contribution < 1.29 is 22.4 Å². The minimum Gasteiger partial charge on any atom is -0.487 e. The van der Waals surface area contributed by atoms with Crippen molar-refractivity contribution in [3.8, 4) is 5.75 Å². The third-order valence-electron chi connectivity index (χ3n) is 7.34. The van der Waals surface area contributed by atoms with Crippen LogP contribution in [0.5, 0.6) is 5.75 Å². The van der Waals surface area contributed by atoms with Crippen LogP contribution in [0, 0.1) is 6.92 Å². The largest absolute Gasteiger partial charge is 0.487 e. The highest BCUT2D eigenvalue weighted by Crippen LogP contribution is 2.43. The number of carbonyl (C=O) groups excluding carboxylic acids is 1. The molecule has 0 bridgehead atoms. The van der Waals surface area contributed by atoms with Gasteiger partial charge in [-0.3, -0.25) is 4.79 Å². The van der Waals surface area contributed by atoms with Crippen LogP contribution in [-0.4, -0.2) is 37.5 Å². The van der Waals surface area contributed by atoms with Crippen LogP contribution < -0.4 is 15.7 Å². The van der Waals surface area contributed by atoms with Crippen molar-refractivity contribution in [1.82, 2.24) is 5.32 Å². The van der Waals surface area contributed by atoms with E-state index in [0.29, 0.717) is 17.6 Å². The quantitative estimate of drug-likeness (QED) is 0.708. The van der Waals surface area contributed by atoms with E-state index in [-0.39, 0.29) is 29.4 Å². The van der Waals surface area contributed by atoms with Gasteiger partial charge in [0.05, 0.1) is 23.5 Å². The molecule has 1 atom stereocenters. The number of amides is 1. The first-order chi connectivity index (χ1) is 15.2. The number of rotatable bonds is 3. The lowest BCUT2D eigenvalue weighted by molar-refractivity contribution is -0.121. The third-order valence-corrected chi connectivity index (χ3v) is 9.11. The lowest BCUT2D eigenvalue weighted by Crippen LogP contribution is -2.41. The molecule has 5 rings (SSSR count). The van der Waals surface area contributed by atoms with E-state index in [9.17, 15) is 18.0 Å². The second-order valence-electron chi connectivity index (χ2n) is 9.64. The summed E-state index contributed by atoms with van der Waals surface area (Å²) in [4.78, 5) is 25.2. The van der Waals surface area contributed by atoms with E-state index in [4.69, 9.17) is 9.15 Å². The van der Waals surface area contributed by atoms with Crippen LogP contribution in [0.3, 0.4) is 0 Å². The summed E-state index contributed by atoms with van der Waals surface area (Å²) in [6, 6.07) is 3.47. The van der Waals surface area contributed by atoms with E-state index in [2.05, 4.69) is 5.32 Å². The molecule has 1 aromatic carbocycles. The molecule has 1 saturated carbocycles. The highest BCUT2D eigenvalue weighted by atomic mass is 32.2. The van der Waals surface area contributed by atoms with Gasteiger partial charge in [-0.1, -0.05) is 6.42 Å². The molecular formula is C24H29NO6S. The molecule has 7 nitrogen and oxygen atoms in total. The predicted molar refractivity (Wildman–Crippen MR) is 121 cm³/mol. The molecule has 1 spiro atoms. The maximum Gasteiger partial charge on any atom is 0.340 e. The Labute approximate surface area is 187 Å². The van der Waals surface area contributed by atoms with Gasteiger partial charge in [-0.2, -0.15) is 0 Å². The van der Waals surface area contributed by atoms with Crippen molar-refractivity contribution in [2.75, 3.05) is 11.5 Å². The molecule has 1 aromatic heterocycles. The fraction of sp³-hybridized carbons (Fsp3) is 0.583. The van der Waals surface area contributed by atoms with Crippen LogP contribution in [0.4, 0.5) is 0 Å². The van der Waals surface area contributed by atoms with E-state index < -0.39 is 21.5 Å². The molecule has 0 radical (unpaired) electrons. The number of aryl methyl sites for hydroxylation is 2. The Balaban J connectivity index is 1.40. The van der Waals surface area contributed by atoms with Gasteiger partial charge in [-0.05, 0) is 69.1 Å². The highest BCUT2D eigenvalue weighted by molar-refractivity contribution is 7.91. The van der Waals surface area contributed by atoms with Crippen LogP contribution in [-0.2, 0) is 27.5 Å². The molecule has 172 valence electrons. The Morgan fingerprint density at radius 3 is 2.69 bits per heavy atom. The van der Waals surface area contributed by atoms with Gasteiger partial charge in [0.15, 0.2) is 9.84 Å². The first-order valence-electron chi connectivity index (χ1n) is 11.5. The fourth-order valence-corrected chi connectivity index (χ4v) is 7.17. The first kappa shape index (κ1) is 21.5. The summed E-state index contributed by atoms with van der Waals surface area (Å²) >= 11 is 0. The zero-order chi connectivity index (χ0) is 22.5. The number of nitrogens with one attached hydrogen (secondary N) is 1. The lowest BCUT2D eigenvalue weighted by atomic mass is 9.79. The monoisotopic (exact) mass is 459 g/mol. The van der Waals surface area contributed by atoms with Crippen LogP contribution in [0.15, 0.2) is 21.3 Å². The molecule has 2 aromatic rings. The van der Waals surface area contributed by atoms with Crippen molar-refractivity contribution >= 4 is 26.7 Å². The number of hydrogen-bond acceptors (Lipinski definition) is 6. The van der Waals surface area contributed by atoms with Gasteiger partial charge >= 0.3 is 5.63 Å². The molecule has 2 fully saturated rings. The van der Waals surface area contributed by atoms with Crippen LogP contribution >= 0.6 is 0 Å². The standard InChI is InChI=1S/C24H29NO6S/c1-15-18-11-16-5-9-24(7-3-2-4-8-24)31-20(16)13-21(18)30-23(27)19(15)12-22(26)25-17-6-10-32(28,29)14-17/h11,13,17H,2-10,12,14H2,1H3,(H,25,26). The maximum absolute atomic E-state index is 12.7. The van der Waals surface area contributed by atoms with E-state index in [1.807, 2.05) is 19.1 Å². The Morgan fingerprint density at radius 1 is 1.19 bits per heavy atom. The molecule has 1 aliphatic carbocycles. The first-order valence-corrected chi connectivity index (χ1v) is 13.3. The minimum absolute atomic E-state index is 0.0440. The third kappa shape index (κ3) is 4.05. The van der Waals surface area contributed by atoms with E-state index >= 15 is 0 Å². The van der Waals surface area contributed by atoms with Gasteiger partial charge in [0.1, 0.15) is 16.9 Å². The van der Waals surface area contributed by atoms with Gasteiger partial charge in [-0.25, -0.2) is 13.2 Å². The van der Waals surface area contributed by atoms with E-state index in [0.717, 1.165) is 47.9 Å². The van der Waals surface area contributed by atoms with Crippen molar-refractivity contribution in [2.24, 2.45) is 0 Å². The smallest absolute Gasteiger partial charge is 0.340 e.